The Morgan fingerprint density at radius 2 is 0.705 bits per heavy atom. The van der Waals surface area contributed by atoms with Crippen molar-refractivity contribution in [3.05, 3.63) is 134 Å². The maximum atomic E-state index is 12.8. The number of phosphoric acid groups is 1. The highest BCUT2D eigenvalue weighted by Crippen LogP contribution is 2.43. The normalized spacial score (nSPS) is 14.2. The minimum absolute atomic E-state index is 0.0175. The standard InChI is InChI=1S/C68H114NO8P/c1-6-8-10-12-14-16-18-20-22-24-25-26-27-28-29-30-31-32-33-34-35-36-37-38-39-40-41-42-43-45-47-49-51-53-55-57-59-61-68(71)77-66(65-76-78(72,73)75-63-62-69(3,4)5)64-74-67(70)60-58-56-54-52-50-48-46-44-23-21-19-17-15-13-11-9-7-2/h8-11,14-17,20-23,25-26,28-29,31-32,46,48,52,54,66H,6-7,12-13,18-19,24,27,30,33-45,47,49-51,53,55-65H2,1-5H3/p+1/b10-8-,11-9-,16-14-,17-15-,22-20-,23-21-,26-25-,29-28-,32-31-,48-46-,54-52-. The number of hydrogen-bond acceptors (Lipinski definition) is 7. The molecule has 9 nitrogen and oxygen atoms in total. The van der Waals surface area contributed by atoms with Gasteiger partial charge in [-0.3, -0.25) is 18.6 Å². The Bertz CT molecular complexity index is 1780. The summed E-state index contributed by atoms with van der Waals surface area (Å²) in [5.74, 6) is -0.869. The molecule has 0 aliphatic carbocycles. The zero-order chi connectivity index (χ0) is 57.0. The third-order valence-electron chi connectivity index (χ3n) is 12.7. The summed E-state index contributed by atoms with van der Waals surface area (Å²) in [6.45, 7) is 4.13. The topological polar surface area (TPSA) is 108 Å². The molecule has 0 saturated carbocycles. The van der Waals surface area contributed by atoms with Crippen LogP contribution >= 0.6 is 7.82 Å². The van der Waals surface area contributed by atoms with Gasteiger partial charge in [0.25, 0.3) is 0 Å². The smallest absolute Gasteiger partial charge is 0.462 e. The van der Waals surface area contributed by atoms with Gasteiger partial charge in [0.1, 0.15) is 19.8 Å². The Balaban J connectivity index is 4.08. The zero-order valence-corrected chi connectivity index (χ0v) is 51.2. The Morgan fingerprint density at radius 1 is 0.397 bits per heavy atom. The lowest BCUT2D eigenvalue weighted by Gasteiger charge is -2.24. The molecule has 0 bridgehead atoms. The van der Waals surface area contributed by atoms with Crippen LogP contribution < -0.4 is 0 Å². The second-order valence-corrected chi connectivity index (χ2v) is 22.8. The van der Waals surface area contributed by atoms with Gasteiger partial charge in [0.05, 0.1) is 27.7 Å². The maximum absolute atomic E-state index is 12.8. The monoisotopic (exact) mass is 1100 g/mol. The van der Waals surface area contributed by atoms with Crippen molar-refractivity contribution < 1.29 is 42.1 Å². The van der Waals surface area contributed by atoms with E-state index in [9.17, 15) is 19.0 Å². The van der Waals surface area contributed by atoms with Crippen LogP contribution in [0.15, 0.2) is 134 Å². The first-order valence-electron chi connectivity index (χ1n) is 30.9. The van der Waals surface area contributed by atoms with Crippen LogP contribution in [0.25, 0.3) is 0 Å². The first-order valence-corrected chi connectivity index (χ1v) is 32.4. The van der Waals surface area contributed by atoms with Crippen LogP contribution in [0.1, 0.15) is 232 Å². The summed E-state index contributed by atoms with van der Waals surface area (Å²) in [5, 5.41) is 0. The molecule has 0 heterocycles. The predicted molar refractivity (Wildman–Crippen MR) is 334 cm³/mol. The number of unbranched alkanes of at least 4 members (excludes halogenated alkanes) is 19. The predicted octanol–water partition coefficient (Wildman–Crippen LogP) is 19.7. The number of quaternary nitrogens is 1. The SMILES string of the molecule is CC/C=C\C/C=C\C/C=C\C/C=C\C/C=C\C/C=C\CCCCCCCCCCCCCCCCCCCCC(=O)OC(COC(=O)CCC/C=C\C/C=C\C/C=C\C/C=C\C/C=C\CC)COP(=O)(O)OCC[N+](C)(C)C. The largest absolute Gasteiger partial charge is 0.472 e. The molecule has 0 aliphatic heterocycles. The molecule has 1 N–H and O–H groups in total. The number of likely N-dealkylation sites (N-methyl/N-ethyl adjacent to an activating group) is 1. The fourth-order valence-electron chi connectivity index (χ4n) is 8.00. The lowest BCUT2D eigenvalue weighted by molar-refractivity contribution is -0.870. The number of hydrogen-bond donors (Lipinski definition) is 1. The number of rotatable bonds is 55. The number of ether oxygens (including phenoxy) is 2. The van der Waals surface area contributed by atoms with E-state index in [1.165, 1.54) is 96.3 Å². The summed E-state index contributed by atoms with van der Waals surface area (Å²) in [4.78, 5) is 35.7. The van der Waals surface area contributed by atoms with Crippen LogP contribution in [0.4, 0.5) is 0 Å². The van der Waals surface area contributed by atoms with E-state index in [0.29, 0.717) is 23.9 Å². The molecule has 0 aromatic rings. The van der Waals surface area contributed by atoms with Gasteiger partial charge in [-0.15, -0.1) is 0 Å². The Labute approximate surface area is 479 Å². The van der Waals surface area contributed by atoms with Gasteiger partial charge in [0.2, 0.25) is 0 Å². The molecule has 78 heavy (non-hydrogen) atoms. The van der Waals surface area contributed by atoms with Crippen molar-refractivity contribution in [3.63, 3.8) is 0 Å². The van der Waals surface area contributed by atoms with Gasteiger partial charge in [-0.2, -0.15) is 0 Å². The minimum atomic E-state index is -4.41. The zero-order valence-electron chi connectivity index (χ0n) is 50.3. The Kier molecular flexibility index (Phi) is 55.0. The number of nitrogens with zero attached hydrogens (tertiary/aromatic N) is 1. The summed E-state index contributed by atoms with van der Waals surface area (Å²) in [6.07, 6.45) is 84.1. The summed E-state index contributed by atoms with van der Waals surface area (Å²) in [6, 6.07) is 0. The van der Waals surface area contributed by atoms with Gasteiger partial charge in [-0.1, -0.05) is 250 Å². The van der Waals surface area contributed by atoms with E-state index in [0.717, 1.165) is 96.3 Å². The Hall–Kier alpha value is -3.85. The fraction of sp³-hybridized carbons (Fsp3) is 0.647. The highest BCUT2D eigenvalue weighted by molar-refractivity contribution is 7.47. The number of carbonyl (C=O) groups is 2. The molecule has 444 valence electrons. The number of esters is 2. The van der Waals surface area contributed by atoms with Gasteiger partial charge in [-0.05, 0) is 103 Å². The first-order chi connectivity index (χ1) is 38.0. The van der Waals surface area contributed by atoms with E-state index in [2.05, 4.69) is 148 Å². The molecule has 2 atom stereocenters. The highest BCUT2D eigenvalue weighted by atomic mass is 31.2. The van der Waals surface area contributed by atoms with E-state index < -0.39 is 32.5 Å². The third-order valence-corrected chi connectivity index (χ3v) is 13.7. The van der Waals surface area contributed by atoms with Crippen molar-refractivity contribution in [1.82, 2.24) is 0 Å². The highest BCUT2D eigenvalue weighted by Gasteiger charge is 2.27. The van der Waals surface area contributed by atoms with Crippen LogP contribution in [0.5, 0.6) is 0 Å². The minimum Gasteiger partial charge on any atom is -0.462 e. The second-order valence-electron chi connectivity index (χ2n) is 21.3. The van der Waals surface area contributed by atoms with E-state index >= 15 is 0 Å². The quantitative estimate of drug-likeness (QED) is 0.0211. The van der Waals surface area contributed by atoms with Crippen LogP contribution in [0, 0.1) is 0 Å². The van der Waals surface area contributed by atoms with Crippen molar-refractivity contribution in [2.45, 2.75) is 238 Å². The van der Waals surface area contributed by atoms with E-state index in [1.54, 1.807) is 0 Å². The fourth-order valence-corrected chi connectivity index (χ4v) is 8.74. The van der Waals surface area contributed by atoms with E-state index in [1.807, 2.05) is 21.1 Å². The van der Waals surface area contributed by atoms with Crippen LogP contribution in [-0.4, -0.2) is 74.9 Å². The summed E-state index contributed by atoms with van der Waals surface area (Å²) in [5.41, 5.74) is 0. The number of carbonyl (C=O) groups excluding carboxylic acids is 2. The second kappa shape index (κ2) is 57.8. The molecule has 2 unspecified atom stereocenters. The van der Waals surface area contributed by atoms with Gasteiger partial charge >= 0.3 is 19.8 Å². The Morgan fingerprint density at radius 3 is 1.06 bits per heavy atom. The van der Waals surface area contributed by atoms with Gasteiger partial charge in [-0.25, -0.2) is 4.57 Å². The van der Waals surface area contributed by atoms with Crippen molar-refractivity contribution in [3.8, 4) is 0 Å². The molecule has 0 aromatic heterocycles. The van der Waals surface area contributed by atoms with Crippen LogP contribution in [-0.2, 0) is 32.7 Å². The average molecular weight is 1110 g/mol. The van der Waals surface area contributed by atoms with Gasteiger partial charge in [0.15, 0.2) is 6.10 Å². The van der Waals surface area contributed by atoms with Crippen molar-refractivity contribution >= 4 is 19.8 Å². The van der Waals surface area contributed by atoms with Crippen LogP contribution in [0.3, 0.4) is 0 Å². The lowest BCUT2D eigenvalue weighted by Crippen LogP contribution is -2.37. The molecule has 0 fully saturated rings. The third kappa shape index (κ3) is 61.4. The number of allylic oxidation sites excluding steroid dienone is 22. The molecular weight excluding hydrogens is 990 g/mol. The van der Waals surface area contributed by atoms with Crippen molar-refractivity contribution in [2.75, 3.05) is 47.5 Å². The van der Waals surface area contributed by atoms with Gasteiger partial charge in [0, 0.05) is 12.8 Å². The molecule has 0 radical (unpaired) electrons. The van der Waals surface area contributed by atoms with E-state index in [-0.39, 0.29) is 26.1 Å². The molecule has 0 spiro atoms. The van der Waals surface area contributed by atoms with E-state index in [4.69, 9.17) is 18.5 Å². The van der Waals surface area contributed by atoms with Crippen LogP contribution in [0.2, 0.25) is 0 Å². The van der Waals surface area contributed by atoms with Crippen molar-refractivity contribution in [2.24, 2.45) is 0 Å². The summed E-state index contributed by atoms with van der Waals surface area (Å²) < 4.78 is 34.5. The molecule has 0 aromatic carbocycles. The molecular formula is C68H115NO8P+. The lowest BCUT2D eigenvalue weighted by atomic mass is 10.0. The van der Waals surface area contributed by atoms with Crippen molar-refractivity contribution in [1.29, 1.82) is 0 Å². The average Bonchev–Trinajstić information content (AvgIpc) is 3.41. The summed E-state index contributed by atoms with van der Waals surface area (Å²) in [7, 11) is 1.44. The maximum Gasteiger partial charge on any atom is 0.472 e. The van der Waals surface area contributed by atoms with Gasteiger partial charge < -0.3 is 18.9 Å². The number of phosphoric ester groups is 1. The molecule has 10 heteroatoms. The summed E-state index contributed by atoms with van der Waals surface area (Å²) >= 11 is 0. The molecule has 0 amide bonds. The first kappa shape index (κ1) is 74.2. The molecule has 0 saturated heterocycles. The molecule has 0 aliphatic rings. The molecule has 0 rings (SSSR count).